The Labute approximate surface area is 103 Å². The Hall–Kier alpha value is -0.220. The van der Waals surface area contributed by atoms with Crippen LogP contribution >= 0.6 is 11.8 Å². The van der Waals surface area contributed by atoms with Crippen molar-refractivity contribution in [3.8, 4) is 0 Å². The minimum Gasteiger partial charge on any atom is -0.462 e. The molecule has 0 spiro atoms. The minimum atomic E-state index is -0.607. The minimum absolute atomic E-state index is 0.0686. The van der Waals surface area contributed by atoms with E-state index in [9.17, 15) is 4.79 Å². The number of aliphatic hydroxyl groups is 1. The van der Waals surface area contributed by atoms with Gasteiger partial charge in [-0.2, -0.15) is 0 Å². The Morgan fingerprint density at radius 2 is 1.88 bits per heavy atom. The molecule has 2 atom stereocenters. The third-order valence-electron chi connectivity index (χ3n) is 2.21. The number of ether oxygens (including phenoxy) is 1. The Balaban J connectivity index is 4.50. The summed E-state index contributed by atoms with van der Waals surface area (Å²) in [6, 6.07) is 0. The zero-order valence-electron chi connectivity index (χ0n) is 11.2. The van der Waals surface area contributed by atoms with E-state index in [1.165, 1.54) is 11.8 Å². The van der Waals surface area contributed by atoms with Crippen molar-refractivity contribution in [2.75, 3.05) is 12.9 Å². The first-order valence-electron chi connectivity index (χ1n) is 5.51. The van der Waals surface area contributed by atoms with Crippen LogP contribution in [0.25, 0.3) is 0 Å². The Bertz CT molecular complexity index is 233. The lowest BCUT2D eigenvalue weighted by Gasteiger charge is -2.32. The number of hydrogen-bond acceptors (Lipinski definition) is 4. The van der Waals surface area contributed by atoms with Crippen molar-refractivity contribution in [3.05, 3.63) is 0 Å². The summed E-state index contributed by atoms with van der Waals surface area (Å²) in [5.41, 5.74) is 0.0710. The molecule has 0 aromatic rings. The highest BCUT2D eigenvalue weighted by molar-refractivity contribution is 8.00. The maximum Gasteiger partial charge on any atom is 0.322 e. The molecule has 0 heterocycles. The summed E-state index contributed by atoms with van der Waals surface area (Å²) < 4.78 is 4.56. The van der Waals surface area contributed by atoms with Crippen LogP contribution in [0.3, 0.4) is 0 Å². The summed E-state index contributed by atoms with van der Waals surface area (Å²) >= 11 is 1.50. The second-order valence-electron chi connectivity index (χ2n) is 5.62. The van der Waals surface area contributed by atoms with Crippen LogP contribution < -0.4 is 0 Å². The first-order valence-corrected chi connectivity index (χ1v) is 6.73. The normalized spacial score (nSPS) is 17.7. The lowest BCUT2D eigenvalue weighted by molar-refractivity contribution is -0.149. The zero-order chi connectivity index (χ0) is 13.0. The van der Waals surface area contributed by atoms with Crippen molar-refractivity contribution in [1.82, 2.24) is 0 Å². The highest BCUT2D eigenvalue weighted by atomic mass is 32.2. The van der Waals surface area contributed by atoms with Crippen LogP contribution in [-0.2, 0) is 9.53 Å². The van der Waals surface area contributed by atoms with Crippen LogP contribution in [0.2, 0.25) is 0 Å². The Morgan fingerprint density at radius 3 is 2.19 bits per heavy atom. The molecule has 0 aliphatic carbocycles. The largest absolute Gasteiger partial charge is 0.462 e. The van der Waals surface area contributed by atoms with E-state index >= 15 is 0 Å². The predicted molar refractivity (Wildman–Crippen MR) is 68.6 cm³/mol. The predicted octanol–water partition coefficient (Wildman–Crippen LogP) is 2.47. The Kier molecular flexibility index (Phi) is 5.84. The zero-order valence-corrected chi connectivity index (χ0v) is 12.0. The monoisotopic (exact) mass is 248 g/mol. The molecule has 3 nitrogen and oxygen atoms in total. The molecule has 96 valence electrons. The van der Waals surface area contributed by atoms with E-state index in [2.05, 4.69) is 20.8 Å². The van der Waals surface area contributed by atoms with Gasteiger partial charge in [0.2, 0.25) is 0 Å². The first kappa shape index (κ1) is 15.8. The van der Waals surface area contributed by atoms with Gasteiger partial charge < -0.3 is 9.84 Å². The molecule has 0 radical (unpaired) electrons. The van der Waals surface area contributed by atoms with Crippen LogP contribution in [0.4, 0.5) is 0 Å². The number of carbonyl (C=O) groups is 1. The van der Waals surface area contributed by atoms with Gasteiger partial charge in [0.05, 0.1) is 6.10 Å². The molecular formula is C12H24O3S. The standard InChI is InChI=1S/C12H24O3S/c1-9(13)7-15-10(14)12(5,16-6)8-11(2,3)4/h9,13H,7-8H2,1-6H3. The summed E-state index contributed by atoms with van der Waals surface area (Å²) in [5, 5.41) is 9.09. The molecule has 16 heavy (non-hydrogen) atoms. The van der Waals surface area contributed by atoms with Crippen molar-refractivity contribution in [2.45, 2.75) is 51.9 Å². The fourth-order valence-electron chi connectivity index (χ4n) is 1.59. The van der Waals surface area contributed by atoms with E-state index in [4.69, 9.17) is 9.84 Å². The molecule has 0 aromatic heterocycles. The summed E-state index contributed by atoms with van der Waals surface area (Å²) in [6.45, 7) is 9.87. The van der Waals surface area contributed by atoms with Gasteiger partial charge >= 0.3 is 5.97 Å². The van der Waals surface area contributed by atoms with Crippen LogP contribution in [0, 0.1) is 5.41 Å². The van der Waals surface area contributed by atoms with E-state index in [1.807, 2.05) is 13.2 Å². The van der Waals surface area contributed by atoms with Crippen molar-refractivity contribution in [1.29, 1.82) is 0 Å². The third kappa shape index (κ3) is 5.75. The van der Waals surface area contributed by atoms with E-state index in [0.29, 0.717) is 0 Å². The SMILES string of the molecule is CSC(C)(CC(C)(C)C)C(=O)OCC(C)O. The topological polar surface area (TPSA) is 46.5 Å². The molecule has 0 amide bonds. The number of aliphatic hydroxyl groups excluding tert-OH is 1. The van der Waals surface area contributed by atoms with Gasteiger partial charge in [0.1, 0.15) is 11.4 Å². The van der Waals surface area contributed by atoms with Gasteiger partial charge in [-0.3, -0.25) is 4.79 Å². The van der Waals surface area contributed by atoms with E-state index < -0.39 is 10.9 Å². The Morgan fingerprint density at radius 1 is 1.38 bits per heavy atom. The average Bonchev–Trinajstić information content (AvgIpc) is 2.11. The molecule has 0 fully saturated rings. The fraction of sp³-hybridized carbons (Fsp3) is 0.917. The second-order valence-corrected chi connectivity index (χ2v) is 6.93. The summed E-state index contributed by atoms with van der Waals surface area (Å²) in [6.07, 6.45) is 2.06. The molecule has 0 saturated heterocycles. The van der Waals surface area contributed by atoms with Crippen molar-refractivity contribution in [2.24, 2.45) is 5.41 Å². The molecule has 4 heteroatoms. The van der Waals surface area contributed by atoms with Gasteiger partial charge in [0, 0.05) is 0 Å². The lowest BCUT2D eigenvalue weighted by atomic mass is 9.85. The van der Waals surface area contributed by atoms with Gasteiger partial charge in [-0.25, -0.2) is 0 Å². The molecule has 1 N–H and O–H groups in total. The summed E-state index contributed by atoms with van der Waals surface area (Å²) in [5.74, 6) is -0.240. The molecular weight excluding hydrogens is 224 g/mol. The number of esters is 1. The van der Waals surface area contributed by atoms with Crippen molar-refractivity contribution in [3.63, 3.8) is 0 Å². The third-order valence-corrected chi connectivity index (χ3v) is 3.42. The van der Waals surface area contributed by atoms with Crippen LogP contribution in [0.1, 0.15) is 41.0 Å². The molecule has 0 saturated carbocycles. The average molecular weight is 248 g/mol. The lowest BCUT2D eigenvalue weighted by Crippen LogP contribution is -2.38. The van der Waals surface area contributed by atoms with E-state index in [-0.39, 0.29) is 18.0 Å². The molecule has 2 unspecified atom stereocenters. The smallest absolute Gasteiger partial charge is 0.322 e. The number of thioether (sulfide) groups is 1. The highest BCUT2D eigenvalue weighted by Gasteiger charge is 2.38. The van der Waals surface area contributed by atoms with Gasteiger partial charge in [-0.05, 0) is 31.9 Å². The first-order chi connectivity index (χ1) is 7.10. The molecule has 0 aliphatic heterocycles. The summed E-state index contributed by atoms with van der Waals surface area (Å²) in [4.78, 5) is 11.9. The number of hydrogen-bond donors (Lipinski definition) is 1. The fourth-order valence-corrected chi connectivity index (χ4v) is 2.39. The number of rotatable bonds is 5. The molecule has 0 aliphatic rings. The van der Waals surface area contributed by atoms with Gasteiger partial charge in [0.15, 0.2) is 0 Å². The van der Waals surface area contributed by atoms with Crippen LogP contribution in [-0.4, -0.2) is 34.8 Å². The second kappa shape index (κ2) is 5.92. The van der Waals surface area contributed by atoms with Gasteiger partial charge in [-0.15, -0.1) is 11.8 Å². The maximum absolute atomic E-state index is 11.9. The van der Waals surface area contributed by atoms with Gasteiger partial charge in [-0.1, -0.05) is 20.8 Å². The highest BCUT2D eigenvalue weighted by Crippen LogP contribution is 2.36. The molecule has 0 rings (SSSR count). The van der Waals surface area contributed by atoms with Crippen molar-refractivity contribution >= 4 is 17.7 Å². The molecule has 0 bridgehead atoms. The van der Waals surface area contributed by atoms with Gasteiger partial charge in [0.25, 0.3) is 0 Å². The summed E-state index contributed by atoms with van der Waals surface area (Å²) in [7, 11) is 0. The number of carbonyl (C=O) groups excluding carboxylic acids is 1. The van der Waals surface area contributed by atoms with Crippen molar-refractivity contribution < 1.29 is 14.6 Å². The van der Waals surface area contributed by atoms with Crippen LogP contribution in [0.5, 0.6) is 0 Å². The van der Waals surface area contributed by atoms with Crippen LogP contribution in [0.15, 0.2) is 0 Å². The van der Waals surface area contributed by atoms with E-state index in [0.717, 1.165) is 6.42 Å². The maximum atomic E-state index is 11.9. The van der Waals surface area contributed by atoms with E-state index in [1.54, 1.807) is 6.92 Å². The quantitative estimate of drug-likeness (QED) is 0.759. The molecule has 0 aromatic carbocycles.